The van der Waals surface area contributed by atoms with Gasteiger partial charge in [-0.15, -0.1) is 0 Å². The van der Waals surface area contributed by atoms with Crippen LogP contribution in [0.5, 0.6) is 0 Å². The molecule has 0 N–H and O–H groups in total. The summed E-state index contributed by atoms with van der Waals surface area (Å²) < 4.78 is 2.34. The van der Waals surface area contributed by atoms with Gasteiger partial charge in [0.25, 0.3) is 5.56 Å². The number of hydrogen-bond donors (Lipinski definition) is 0. The average molecular weight is 329 g/mol. The van der Waals surface area contributed by atoms with Crippen molar-refractivity contribution < 1.29 is 0 Å². The highest BCUT2D eigenvalue weighted by molar-refractivity contribution is 14.1. The first-order valence-corrected chi connectivity index (χ1v) is 6.25. The first-order chi connectivity index (χ1) is 7.58. The predicted octanol–water partition coefficient (Wildman–Crippen LogP) is 1.85. The van der Waals surface area contributed by atoms with E-state index in [0.29, 0.717) is 16.5 Å². The van der Waals surface area contributed by atoms with Crippen LogP contribution in [0.15, 0.2) is 11.0 Å². The SMILES string of the molecule is Cc1ncc(I)c(=O)n1CC1(CC#N)CC1. The molecule has 1 aromatic rings. The van der Waals surface area contributed by atoms with E-state index in [4.69, 9.17) is 5.26 Å². The van der Waals surface area contributed by atoms with Gasteiger partial charge >= 0.3 is 0 Å². The molecular formula is C11H12IN3O. The fourth-order valence-electron chi connectivity index (χ4n) is 1.81. The van der Waals surface area contributed by atoms with E-state index in [9.17, 15) is 4.79 Å². The maximum absolute atomic E-state index is 11.9. The Labute approximate surface area is 107 Å². The summed E-state index contributed by atoms with van der Waals surface area (Å²) in [6, 6.07) is 2.21. The lowest BCUT2D eigenvalue weighted by Crippen LogP contribution is -2.29. The van der Waals surface area contributed by atoms with E-state index in [2.05, 4.69) is 11.1 Å². The van der Waals surface area contributed by atoms with Gasteiger partial charge in [-0.05, 0) is 42.4 Å². The van der Waals surface area contributed by atoms with Crippen LogP contribution in [0.1, 0.15) is 25.1 Å². The molecule has 2 rings (SSSR count). The molecule has 0 aromatic carbocycles. The van der Waals surface area contributed by atoms with Gasteiger partial charge in [0.15, 0.2) is 0 Å². The summed E-state index contributed by atoms with van der Waals surface area (Å²) in [4.78, 5) is 16.1. The molecule has 0 amide bonds. The average Bonchev–Trinajstić information content (AvgIpc) is 3.00. The van der Waals surface area contributed by atoms with Crippen molar-refractivity contribution in [1.82, 2.24) is 9.55 Å². The molecule has 0 spiro atoms. The van der Waals surface area contributed by atoms with Crippen LogP contribution in [-0.2, 0) is 6.54 Å². The molecule has 0 aliphatic heterocycles. The van der Waals surface area contributed by atoms with Crippen molar-refractivity contribution in [2.45, 2.75) is 32.7 Å². The normalized spacial score (nSPS) is 16.8. The molecule has 1 fully saturated rings. The lowest BCUT2D eigenvalue weighted by Gasteiger charge is -2.15. The summed E-state index contributed by atoms with van der Waals surface area (Å²) in [5.74, 6) is 0.731. The van der Waals surface area contributed by atoms with Crippen LogP contribution in [0.4, 0.5) is 0 Å². The van der Waals surface area contributed by atoms with Crippen molar-refractivity contribution in [3.05, 3.63) is 25.9 Å². The summed E-state index contributed by atoms with van der Waals surface area (Å²) in [6.07, 6.45) is 4.21. The van der Waals surface area contributed by atoms with Crippen LogP contribution >= 0.6 is 22.6 Å². The minimum atomic E-state index is 0.0114. The van der Waals surface area contributed by atoms with E-state index in [0.717, 1.165) is 18.7 Å². The molecule has 5 heteroatoms. The minimum Gasteiger partial charge on any atom is -0.295 e. The quantitative estimate of drug-likeness (QED) is 0.795. The number of nitrogens with zero attached hydrogens (tertiary/aromatic N) is 3. The van der Waals surface area contributed by atoms with Crippen molar-refractivity contribution in [1.29, 1.82) is 5.26 Å². The Bertz CT molecular complexity index is 511. The van der Waals surface area contributed by atoms with Gasteiger partial charge in [0.05, 0.1) is 9.64 Å². The molecule has 0 bridgehead atoms. The Morgan fingerprint density at radius 2 is 2.38 bits per heavy atom. The van der Waals surface area contributed by atoms with E-state index < -0.39 is 0 Å². The van der Waals surface area contributed by atoms with Gasteiger partial charge in [0, 0.05) is 24.6 Å². The molecule has 0 saturated heterocycles. The molecule has 0 atom stereocenters. The number of hydrogen-bond acceptors (Lipinski definition) is 3. The minimum absolute atomic E-state index is 0.0114. The van der Waals surface area contributed by atoms with Crippen LogP contribution in [-0.4, -0.2) is 9.55 Å². The molecular weight excluding hydrogens is 317 g/mol. The van der Waals surface area contributed by atoms with Crippen LogP contribution in [0.25, 0.3) is 0 Å². The monoisotopic (exact) mass is 329 g/mol. The second kappa shape index (κ2) is 4.17. The summed E-state index contributed by atoms with van der Waals surface area (Å²) in [5, 5.41) is 8.76. The lowest BCUT2D eigenvalue weighted by atomic mass is 10.0. The second-order valence-electron chi connectivity index (χ2n) is 4.38. The third-order valence-electron chi connectivity index (χ3n) is 3.11. The number of aromatic nitrogens is 2. The largest absolute Gasteiger partial charge is 0.295 e. The summed E-state index contributed by atoms with van der Waals surface area (Å²) in [6.45, 7) is 2.47. The predicted molar refractivity (Wildman–Crippen MR) is 67.8 cm³/mol. The smallest absolute Gasteiger partial charge is 0.266 e. The molecule has 1 heterocycles. The van der Waals surface area contributed by atoms with E-state index in [1.807, 2.05) is 29.5 Å². The van der Waals surface area contributed by atoms with Crippen LogP contribution in [0, 0.1) is 27.2 Å². The number of nitriles is 1. The Balaban J connectivity index is 2.32. The molecule has 1 saturated carbocycles. The van der Waals surface area contributed by atoms with Crippen molar-refractivity contribution in [3.63, 3.8) is 0 Å². The van der Waals surface area contributed by atoms with Gasteiger partial charge in [-0.1, -0.05) is 0 Å². The topological polar surface area (TPSA) is 58.7 Å². The molecule has 0 radical (unpaired) electrons. The summed E-state index contributed by atoms with van der Waals surface area (Å²) in [5.41, 5.74) is 0.0486. The van der Waals surface area contributed by atoms with Gasteiger partial charge in [-0.25, -0.2) is 4.98 Å². The first kappa shape index (κ1) is 11.6. The lowest BCUT2D eigenvalue weighted by molar-refractivity contribution is 0.412. The molecule has 1 aromatic heterocycles. The van der Waals surface area contributed by atoms with E-state index >= 15 is 0 Å². The van der Waals surface area contributed by atoms with Crippen LogP contribution in [0.3, 0.4) is 0 Å². The van der Waals surface area contributed by atoms with Gasteiger partial charge in [0.2, 0.25) is 0 Å². The van der Waals surface area contributed by atoms with Crippen molar-refractivity contribution in [2.24, 2.45) is 5.41 Å². The van der Waals surface area contributed by atoms with Gasteiger partial charge in [-0.2, -0.15) is 5.26 Å². The molecule has 1 aliphatic carbocycles. The summed E-state index contributed by atoms with van der Waals surface area (Å²) >= 11 is 2.00. The highest BCUT2D eigenvalue weighted by Gasteiger charge is 2.43. The fraction of sp³-hybridized carbons (Fsp3) is 0.545. The van der Waals surface area contributed by atoms with Crippen LogP contribution in [0.2, 0.25) is 0 Å². The van der Waals surface area contributed by atoms with Crippen molar-refractivity contribution >= 4 is 22.6 Å². The molecule has 1 aliphatic rings. The Morgan fingerprint density at radius 1 is 1.69 bits per heavy atom. The van der Waals surface area contributed by atoms with Crippen LogP contribution < -0.4 is 5.56 Å². The molecule has 4 nitrogen and oxygen atoms in total. The Hall–Kier alpha value is -0.900. The maximum Gasteiger partial charge on any atom is 0.266 e. The highest BCUT2D eigenvalue weighted by Crippen LogP contribution is 2.49. The highest BCUT2D eigenvalue weighted by atomic mass is 127. The second-order valence-corrected chi connectivity index (χ2v) is 5.54. The maximum atomic E-state index is 11.9. The number of rotatable bonds is 3. The Kier molecular flexibility index (Phi) is 3.02. The van der Waals surface area contributed by atoms with E-state index in [1.165, 1.54) is 0 Å². The zero-order valence-corrected chi connectivity index (χ0v) is 11.2. The summed E-state index contributed by atoms with van der Waals surface area (Å²) in [7, 11) is 0. The molecule has 16 heavy (non-hydrogen) atoms. The van der Waals surface area contributed by atoms with E-state index in [-0.39, 0.29) is 11.0 Å². The standard InChI is InChI=1S/C11H12IN3O/c1-8-14-6-9(12)10(16)15(8)7-11(2-3-11)4-5-13/h6H,2-4,7H2,1H3. The zero-order valence-electron chi connectivity index (χ0n) is 9.03. The van der Waals surface area contributed by atoms with Crippen molar-refractivity contribution in [3.8, 4) is 6.07 Å². The molecule has 0 unspecified atom stereocenters. The first-order valence-electron chi connectivity index (χ1n) is 5.17. The van der Waals surface area contributed by atoms with Gasteiger partial charge in [0.1, 0.15) is 5.82 Å². The molecule has 84 valence electrons. The fourth-order valence-corrected chi connectivity index (χ4v) is 2.24. The Morgan fingerprint density at radius 3 is 2.94 bits per heavy atom. The zero-order chi connectivity index (χ0) is 11.8. The van der Waals surface area contributed by atoms with Gasteiger partial charge in [-0.3, -0.25) is 9.36 Å². The number of aryl methyl sites for hydroxylation is 1. The van der Waals surface area contributed by atoms with Crippen molar-refractivity contribution in [2.75, 3.05) is 0 Å². The van der Waals surface area contributed by atoms with Gasteiger partial charge < -0.3 is 0 Å². The number of halogens is 1. The third-order valence-corrected chi connectivity index (χ3v) is 3.85. The third kappa shape index (κ3) is 2.12. The van der Waals surface area contributed by atoms with E-state index in [1.54, 1.807) is 10.8 Å².